The van der Waals surface area contributed by atoms with Crippen molar-refractivity contribution in [1.82, 2.24) is 0 Å². The summed E-state index contributed by atoms with van der Waals surface area (Å²) in [6.45, 7) is 0. The van der Waals surface area contributed by atoms with Crippen molar-refractivity contribution in [2.45, 2.75) is 5.92 Å². The van der Waals surface area contributed by atoms with Crippen LogP contribution in [0.1, 0.15) is 21.8 Å². The Bertz CT molecular complexity index is 451. The maximum atomic E-state index is 11.2. The van der Waals surface area contributed by atoms with Gasteiger partial charge in [0.2, 0.25) is 0 Å². The number of rotatable bonds is 2. The Morgan fingerprint density at radius 1 is 1.53 bits per heavy atom. The van der Waals surface area contributed by atoms with Gasteiger partial charge < -0.3 is 9.53 Å². The minimum Gasteiger partial charge on any atom is -0.465 e. The molecule has 1 aliphatic rings. The molecule has 0 fully saturated rings. The van der Waals surface area contributed by atoms with Crippen LogP contribution >= 0.6 is 0 Å². The van der Waals surface area contributed by atoms with Gasteiger partial charge in [0, 0.05) is 6.21 Å². The standard InChI is InChI=1S/C11H9NO3/c1-15-11(14)7-2-3-9-8(6-13)5-12-10(9)4-7/h2-6,8H,1H3/t8-/m1/s1. The van der Waals surface area contributed by atoms with Crippen LogP contribution in [-0.2, 0) is 9.53 Å². The van der Waals surface area contributed by atoms with Crippen LogP contribution in [0.4, 0.5) is 5.69 Å². The fourth-order valence-corrected chi connectivity index (χ4v) is 1.53. The van der Waals surface area contributed by atoms with E-state index in [1.165, 1.54) is 7.11 Å². The predicted molar refractivity (Wildman–Crippen MR) is 54.7 cm³/mol. The molecule has 0 N–H and O–H groups in total. The van der Waals surface area contributed by atoms with Gasteiger partial charge >= 0.3 is 5.97 Å². The number of esters is 1. The number of fused-ring (bicyclic) bond motifs is 1. The molecule has 0 unspecified atom stereocenters. The molecule has 1 aromatic carbocycles. The molecule has 0 radical (unpaired) electrons. The van der Waals surface area contributed by atoms with Crippen molar-refractivity contribution >= 4 is 24.2 Å². The van der Waals surface area contributed by atoms with Gasteiger partial charge in [0.25, 0.3) is 0 Å². The fourth-order valence-electron chi connectivity index (χ4n) is 1.53. The molecule has 0 saturated heterocycles. The number of nitrogens with zero attached hydrogens (tertiary/aromatic N) is 1. The van der Waals surface area contributed by atoms with E-state index < -0.39 is 5.97 Å². The SMILES string of the molecule is COC(=O)c1ccc2c(c1)N=C[C@@H]2C=O. The third-order valence-electron chi connectivity index (χ3n) is 2.33. The number of carbonyl (C=O) groups is 2. The molecule has 15 heavy (non-hydrogen) atoms. The van der Waals surface area contributed by atoms with Crippen molar-refractivity contribution in [1.29, 1.82) is 0 Å². The van der Waals surface area contributed by atoms with E-state index in [1.54, 1.807) is 24.4 Å². The molecule has 76 valence electrons. The first-order chi connectivity index (χ1) is 7.26. The lowest BCUT2D eigenvalue weighted by atomic mass is 10.0. The third kappa shape index (κ3) is 1.54. The Hall–Kier alpha value is -1.97. The van der Waals surface area contributed by atoms with E-state index in [0.717, 1.165) is 11.8 Å². The number of ether oxygens (including phenoxy) is 1. The highest BCUT2D eigenvalue weighted by molar-refractivity contribution is 5.97. The molecule has 1 aromatic rings. The highest BCUT2D eigenvalue weighted by atomic mass is 16.5. The first-order valence-corrected chi connectivity index (χ1v) is 4.48. The molecule has 4 heteroatoms. The average molecular weight is 203 g/mol. The number of aldehydes is 1. The van der Waals surface area contributed by atoms with Gasteiger partial charge in [0.05, 0.1) is 24.3 Å². The van der Waals surface area contributed by atoms with E-state index in [9.17, 15) is 9.59 Å². The second kappa shape index (κ2) is 3.65. The lowest BCUT2D eigenvalue weighted by Crippen LogP contribution is -2.02. The van der Waals surface area contributed by atoms with Gasteiger partial charge in [0.15, 0.2) is 0 Å². The van der Waals surface area contributed by atoms with Crippen LogP contribution in [-0.4, -0.2) is 25.6 Å². The lowest BCUT2D eigenvalue weighted by Gasteiger charge is -2.03. The minimum absolute atomic E-state index is 0.285. The molecule has 1 heterocycles. The van der Waals surface area contributed by atoms with Crippen LogP contribution < -0.4 is 0 Å². The van der Waals surface area contributed by atoms with Crippen molar-refractivity contribution in [3.05, 3.63) is 29.3 Å². The Balaban J connectivity index is 2.41. The van der Waals surface area contributed by atoms with E-state index in [-0.39, 0.29) is 5.92 Å². The molecule has 0 aliphatic carbocycles. The van der Waals surface area contributed by atoms with E-state index in [0.29, 0.717) is 11.3 Å². The normalized spacial score (nSPS) is 17.3. The van der Waals surface area contributed by atoms with Crippen LogP contribution in [0, 0.1) is 0 Å². The number of hydrogen-bond donors (Lipinski definition) is 0. The Morgan fingerprint density at radius 2 is 2.33 bits per heavy atom. The quantitative estimate of drug-likeness (QED) is 0.540. The van der Waals surface area contributed by atoms with Gasteiger partial charge in [-0.15, -0.1) is 0 Å². The van der Waals surface area contributed by atoms with Crippen LogP contribution in [0.3, 0.4) is 0 Å². The van der Waals surface area contributed by atoms with Crippen molar-refractivity contribution in [3.8, 4) is 0 Å². The summed E-state index contributed by atoms with van der Waals surface area (Å²) < 4.78 is 4.59. The third-order valence-corrected chi connectivity index (χ3v) is 2.33. The van der Waals surface area contributed by atoms with Gasteiger partial charge in [-0.05, 0) is 17.7 Å². The summed E-state index contributed by atoms with van der Waals surface area (Å²) in [7, 11) is 1.33. The molecular formula is C11H9NO3. The van der Waals surface area contributed by atoms with E-state index >= 15 is 0 Å². The second-order valence-electron chi connectivity index (χ2n) is 3.21. The van der Waals surface area contributed by atoms with Crippen molar-refractivity contribution in [2.24, 2.45) is 4.99 Å². The largest absolute Gasteiger partial charge is 0.465 e. The molecule has 0 saturated carbocycles. The Morgan fingerprint density at radius 3 is 3.00 bits per heavy atom. The van der Waals surface area contributed by atoms with Gasteiger partial charge in [-0.1, -0.05) is 6.07 Å². The highest BCUT2D eigenvalue weighted by Gasteiger charge is 2.19. The number of hydrogen-bond acceptors (Lipinski definition) is 4. The molecule has 4 nitrogen and oxygen atoms in total. The number of carbonyl (C=O) groups excluding carboxylic acids is 2. The van der Waals surface area contributed by atoms with Crippen LogP contribution in [0.5, 0.6) is 0 Å². The summed E-state index contributed by atoms with van der Waals surface area (Å²) in [6, 6.07) is 4.99. The molecule has 0 aromatic heterocycles. The molecule has 1 atom stereocenters. The van der Waals surface area contributed by atoms with Gasteiger partial charge in [-0.3, -0.25) is 4.99 Å². The topological polar surface area (TPSA) is 55.7 Å². The zero-order valence-corrected chi connectivity index (χ0v) is 8.14. The summed E-state index contributed by atoms with van der Waals surface area (Å²) >= 11 is 0. The van der Waals surface area contributed by atoms with Crippen LogP contribution in [0.25, 0.3) is 0 Å². The van der Waals surface area contributed by atoms with Crippen molar-refractivity contribution < 1.29 is 14.3 Å². The predicted octanol–water partition coefficient (Wildman–Crippen LogP) is 1.47. The first-order valence-electron chi connectivity index (χ1n) is 4.48. The maximum absolute atomic E-state index is 11.2. The monoisotopic (exact) mass is 203 g/mol. The molecule has 0 amide bonds. The van der Waals surface area contributed by atoms with Crippen molar-refractivity contribution in [3.63, 3.8) is 0 Å². The molecule has 0 spiro atoms. The average Bonchev–Trinajstić information content (AvgIpc) is 2.69. The van der Waals surface area contributed by atoms with Crippen LogP contribution in [0.15, 0.2) is 23.2 Å². The van der Waals surface area contributed by atoms with Crippen LogP contribution in [0.2, 0.25) is 0 Å². The van der Waals surface area contributed by atoms with Gasteiger partial charge in [-0.2, -0.15) is 0 Å². The maximum Gasteiger partial charge on any atom is 0.337 e. The number of methoxy groups -OCH3 is 1. The molecule has 2 rings (SSSR count). The Kier molecular flexibility index (Phi) is 2.33. The summed E-state index contributed by atoms with van der Waals surface area (Å²) in [5.74, 6) is -0.686. The number of benzene rings is 1. The summed E-state index contributed by atoms with van der Waals surface area (Å²) in [5.41, 5.74) is 1.94. The number of aliphatic imine (C=N–C) groups is 1. The highest BCUT2D eigenvalue weighted by Crippen LogP contribution is 2.31. The van der Waals surface area contributed by atoms with Crippen molar-refractivity contribution in [2.75, 3.05) is 7.11 Å². The molecular weight excluding hydrogens is 194 g/mol. The zero-order chi connectivity index (χ0) is 10.8. The van der Waals surface area contributed by atoms with E-state index in [1.807, 2.05) is 0 Å². The smallest absolute Gasteiger partial charge is 0.337 e. The second-order valence-corrected chi connectivity index (χ2v) is 3.21. The summed E-state index contributed by atoms with van der Waals surface area (Å²) in [5, 5.41) is 0. The van der Waals surface area contributed by atoms with Gasteiger partial charge in [-0.25, -0.2) is 4.79 Å². The first kappa shape index (κ1) is 9.58. The summed E-state index contributed by atoms with van der Waals surface area (Å²) in [4.78, 5) is 25.9. The summed E-state index contributed by atoms with van der Waals surface area (Å²) in [6.07, 6.45) is 2.39. The lowest BCUT2D eigenvalue weighted by molar-refractivity contribution is -0.107. The van der Waals surface area contributed by atoms with E-state index in [4.69, 9.17) is 0 Å². The Labute approximate surface area is 86.6 Å². The minimum atomic E-state index is -0.400. The fraction of sp³-hybridized carbons (Fsp3) is 0.182. The van der Waals surface area contributed by atoms with E-state index in [2.05, 4.69) is 9.73 Å². The molecule has 0 bridgehead atoms. The van der Waals surface area contributed by atoms with Gasteiger partial charge in [0.1, 0.15) is 6.29 Å². The zero-order valence-electron chi connectivity index (χ0n) is 8.14. The molecule has 1 aliphatic heterocycles.